The highest BCUT2D eigenvalue weighted by Crippen LogP contribution is 2.37. The van der Waals surface area contributed by atoms with Crippen LogP contribution in [0.25, 0.3) is 24.3 Å². The quantitative estimate of drug-likeness (QED) is 0.0475. The van der Waals surface area contributed by atoms with Crippen LogP contribution >= 0.6 is 0 Å². The van der Waals surface area contributed by atoms with Crippen LogP contribution in [-0.4, -0.2) is 44.3 Å². The summed E-state index contributed by atoms with van der Waals surface area (Å²) in [5.74, 6) is -6.22. The zero-order valence-corrected chi connectivity index (χ0v) is 31.2. The fourth-order valence-electron chi connectivity index (χ4n) is 6.41. The van der Waals surface area contributed by atoms with E-state index < -0.39 is 58.0 Å². The smallest absolute Gasteiger partial charge is 0.346 e. The molecular formula is C48H30N4O8. The number of benzene rings is 5. The number of carboxylic acid groups (broad SMARTS) is 4. The molecule has 0 saturated carbocycles. The van der Waals surface area contributed by atoms with E-state index in [1.807, 2.05) is 72.8 Å². The maximum Gasteiger partial charge on any atom is 0.346 e. The summed E-state index contributed by atoms with van der Waals surface area (Å²) < 4.78 is 0. The average molecular weight is 791 g/mol. The molecule has 0 spiro atoms. The summed E-state index contributed by atoms with van der Waals surface area (Å²) in [6, 6.07) is 42.5. The number of nitrogens with zero attached hydrogens (tertiary/aromatic N) is 4. The Hall–Kier alpha value is -9.10. The predicted molar refractivity (Wildman–Crippen MR) is 219 cm³/mol. The first kappa shape index (κ1) is 42.1. The molecule has 0 heterocycles. The first-order valence-electron chi connectivity index (χ1n) is 17.8. The molecule has 5 rings (SSSR count). The lowest BCUT2D eigenvalue weighted by molar-refractivity contribution is -0.133. The fraction of sp³-hybridized carbons (Fsp3) is 0.0417. The van der Waals surface area contributed by atoms with Crippen molar-refractivity contribution >= 4 is 48.2 Å². The van der Waals surface area contributed by atoms with Crippen molar-refractivity contribution in [3.05, 3.63) is 199 Å². The van der Waals surface area contributed by atoms with E-state index in [4.69, 9.17) is 0 Å². The van der Waals surface area contributed by atoms with E-state index in [0.717, 1.165) is 33.4 Å². The normalized spacial score (nSPS) is 12.7. The van der Waals surface area contributed by atoms with Crippen molar-refractivity contribution < 1.29 is 39.6 Å². The Morgan fingerprint density at radius 2 is 0.483 bits per heavy atom. The summed E-state index contributed by atoms with van der Waals surface area (Å²) in [5.41, 5.74) is 5.17. The van der Waals surface area contributed by atoms with E-state index in [1.165, 1.54) is 24.3 Å². The number of carboxylic acids is 4. The Labute approximate surface area is 343 Å². The van der Waals surface area contributed by atoms with Gasteiger partial charge in [-0.1, -0.05) is 121 Å². The van der Waals surface area contributed by atoms with Gasteiger partial charge in [0, 0.05) is 11.8 Å². The SMILES string of the molecule is N#C/C(=C/c1ccc(C(c2ccc(/C=C(\C#N)C(=O)O)cc2)c2ccc(C(c3ccc(/C=C(/C#N)C(=O)O)cc3)c3ccc(/C=C(\C#N)C(=O)O)cc3)cc2)cc1)C(=O)O. The molecule has 12 heteroatoms. The van der Waals surface area contributed by atoms with Crippen LogP contribution in [0.3, 0.4) is 0 Å². The van der Waals surface area contributed by atoms with Gasteiger partial charge in [0.1, 0.15) is 46.6 Å². The average Bonchev–Trinajstić information content (AvgIpc) is 3.25. The van der Waals surface area contributed by atoms with Crippen molar-refractivity contribution in [3.8, 4) is 24.3 Å². The molecule has 5 aromatic carbocycles. The zero-order valence-electron chi connectivity index (χ0n) is 31.2. The largest absolute Gasteiger partial charge is 0.477 e. The van der Waals surface area contributed by atoms with Crippen molar-refractivity contribution in [1.29, 1.82) is 21.0 Å². The van der Waals surface area contributed by atoms with Crippen LogP contribution in [0.15, 0.2) is 144 Å². The summed E-state index contributed by atoms with van der Waals surface area (Å²) in [6.07, 6.45) is 5.06. The van der Waals surface area contributed by atoms with Gasteiger partial charge in [0.05, 0.1) is 0 Å². The molecule has 2 unspecified atom stereocenters. The second-order valence-corrected chi connectivity index (χ2v) is 13.1. The minimum absolute atomic E-state index is 0.400. The molecule has 0 amide bonds. The molecule has 2 atom stereocenters. The minimum atomic E-state index is -1.35. The van der Waals surface area contributed by atoms with Crippen LogP contribution in [0.4, 0.5) is 0 Å². The van der Waals surface area contributed by atoms with Crippen LogP contribution in [-0.2, 0) is 19.2 Å². The van der Waals surface area contributed by atoms with Gasteiger partial charge in [-0.05, 0) is 79.9 Å². The Bertz CT molecular complexity index is 2410. The van der Waals surface area contributed by atoms with E-state index in [-0.39, 0.29) is 0 Å². The molecule has 0 aliphatic heterocycles. The van der Waals surface area contributed by atoms with E-state index in [9.17, 15) is 60.7 Å². The first-order valence-corrected chi connectivity index (χ1v) is 17.8. The highest BCUT2D eigenvalue weighted by atomic mass is 16.4. The zero-order chi connectivity index (χ0) is 43.3. The first-order chi connectivity index (χ1) is 28.8. The highest BCUT2D eigenvalue weighted by Gasteiger charge is 2.21. The van der Waals surface area contributed by atoms with Gasteiger partial charge in [-0.2, -0.15) is 21.0 Å². The van der Waals surface area contributed by atoms with Gasteiger partial charge in [-0.25, -0.2) is 19.2 Å². The third-order valence-electron chi connectivity index (χ3n) is 9.33. The van der Waals surface area contributed by atoms with Gasteiger partial charge in [0.25, 0.3) is 0 Å². The molecule has 0 radical (unpaired) electrons. The third kappa shape index (κ3) is 10.2. The second-order valence-electron chi connectivity index (χ2n) is 13.1. The molecule has 60 heavy (non-hydrogen) atoms. The van der Waals surface area contributed by atoms with Gasteiger partial charge in [-0.15, -0.1) is 0 Å². The Morgan fingerprint density at radius 3 is 0.617 bits per heavy atom. The van der Waals surface area contributed by atoms with Crippen LogP contribution in [0.2, 0.25) is 0 Å². The monoisotopic (exact) mass is 790 g/mol. The third-order valence-corrected chi connectivity index (χ3v) is 9.33. The molecule has 12 nitrogen and oxygen atoms in total. The van der Waals surface area contributed by atoms with E-state index >= 15 is 0 Å². The minimum Gasteiger partial charge on any atom is -0.477 e. The molecule has 5 aromatic rings. The Morgan fingerprint density at radius 1 is 0.333 bits per heavy atom. The lowest BCUT2D eigenvalue weighted by Gasteiger charge is -2.23. The standard InChI is InChI=1S/C48H30N4O8/c49-25-39(45(53)54)21-29-1-9-33(10-2-29)43(34-11-3-30(4-12-34)22-40(26-50)46(55)56)37-17-19-38(20-18-37)44(35-13-5-31(6-14-35)23-41(27-51)47(57)58)36-15-7-32(8-16-36)24-42(28-52)48(59)60/h1-24,43-44H,(H,53,54)(H,55,56)(H,57,58)(H,59,60)/b39-21-,40-22+,41-23-,42-24+. The van der Waals surface area contributed by atoms with Crippen molar-refractivity contribution in [1.82, 2.24) is 0 Å². The topological polar surface area (TPSA) is 244 Å². The number of rotatable bonds is 14. The van der Waals surface area contributed by atoms with Gasteiger partial charge in [0.15, 0.2) is 0 Å². The fourth-order valence-corrected chi connectivity index (χ4v) is 6.41. The van der Waals surface area contributed by atoms with Gasteiger partial charge in [0.2, 0.25) is 0 Å². The summed E-state index contributed by atoms with van der Waals surface area (Å²) in [6.45, 7) is 0. The summed E-state index contributed by atoms with van der Waals surface area (Å²) in [4.78, 5) is 45.8. The van der Waals surface area contributed by atoms with Gasteiger partial charge >= 0.3 is 23.9 Å². The highest BCUT2D eigenvalue weighted by molar-refractivity contribution is 5.98. The second kappa shape index (κ2) is 19.2. The molecule has 290 valence electrons. The molecule has 0 aliphatic carbocycles. The van der Waals surface area contributed by atoms with Crippen molar-refractivity contribution in [2.75, 3.05) is 0 Å². The van der Waals surface area contributed by atoms with Gasteiger partial charge < -0.3 is 20.4 Å². The maximum absolute atomic E-state index is 11.5. The number of nitriles is 4. The van der Waals surface area contributed by atoms with Gasteiger partial charge in [-0.3, -0.25) is 0 Å². The van der Waals surface area contributed by atoms with E-state index in [2.05, 4.69) is 0 Å². The van der Waals surface area contributed by atoms with Crippen LogP contribution in [0.5, 0.6) is 0 Å². The number of hydrogen-bond donors (Lipinski definition) is 4. The van der Waals surface area contributed by atoms with Crippen LogP contribution < -0.4 is 0 Å². The summed E-state index contributed by atoms with van der Waals surface area (Å²) >= 11 is 0. The number of hydrogen-bond acceptors (Lipinski definition) is 8. The van der Waals surface area contributed by atoms with Crippen molar-refractivity contribution in [3.63, 3.8) is 0 Å². The molecule has 0 bridgehead atoms. The lowest BCUT2D eigenvalue weighted by atomic mass is 9.81. The lowest BCUT2D eigenvalue weighted by Crippen LogP contribution is -2.07. The molecule has 4 N–H and O–H groups in total. The van der Waals surface area contributed by atoms with Crippen molar-refractivity contribution in [2.24, 2.45) is 0 Å². The van der Waals surface area contributed by atoms with E-state index in [1.54, 1.807) is 72.8 Å². The maximum atomic E-state index is 11.5. The number of carbonyl (C=O) groups is 4. The predicted octanol–water partition coefficient (Wildman–Crippen LogP) is 8.01. The molecular weight excluding hydrogens is 761 g/mol. The summed E-state index contributed by atoms with van der Waals surface area (Å²) in [5, 5.41) is 74.4. The molecule has 0 saturated heterocycles. The summed E-state index contributed by atoms with van der Waals surface area (Å²) in [7, 11) is 0. The van der Waals surface area contributed by atoms with Crippen molar-refractivity contribution in [2.45, 2.75) is 11.8 Å². The molecule has 0 aliphatic rings. The number of aliphatic carboxylic acids is 4. The Kier molecular flexibility index (Phi) is 13.4. The van der Waals surface area contributed by atoms with E-state index in [0.29, 0.717) is 22.3 Å². The van der Waals surface area contributed by atoms with Crippen LogP contribution in [0.1, 0.15) is 67.5 Å². The Balaban J connectivity index is 1.62. The molecule has 0 fully saturated rings. The molecule has 0 aromatic heterocycles. The van der Waals surface area contributed by atoms with Crippen LogP contribution in [0, 0.1) is 45.3 Å².